The van der Waals surface area contributed by atoms with Crippen molar-refractivity contribution in [3.8, 4) is 0 Å². The number of rotatable bonds is 1. The second-order valence-corrected chi connectivity index (χ2v) is 6.74. The Morgan fingerprint density at radius 3 is 2.76 bits per heavy atom. The molecule has 1 aliphatic heterocycles. The first-order valence-corrected chi connectivity index (χ1v) is 8.15. The highest BCUT2D eigenvalue weighted by Gasteiger charge is 2.39. The number of benzene rings is 1. The molecule has 2 fully saturated rings. The minimum absolute atomic E-state index is 0.0851. The van der Waals surface area contributed by atoms with Gasteiger partial charge in [-0.05, 0) is 61.8 Å². The second-order valence-electron chi connectivity index (χ2n) is 6.74. The summed E-state index contributed by atoms with van der Waals surface area (Å²) in [5.41, 5.74) is 1.18. The predicted molar refractivity (Wildman–Crippen MR) is 81.7 cm³/mol. The summed E-state index contributed by atoms with van der Waals surface area (Å²) in [7, 11) is 0. The molecule has 3 heteroatoms. The van der Waals surface area contributed by atoms with Crippen LogP contribution in [0.3, 0.4) is 0 Å². The number of aryl methyl sites for hydroxylation is 1. The van der Waals surface area contributed by atoms with Crippen molar-refractivity contribution in [1.29, 1.82) is 0 Å². The molecule has 114 valence electrons. The molecular formula is C18H24FNO. The summed E-state index contributed by atoms with van der Waals surface area (Å²) in [5.74, 6) is 1.21. The molecular weight excluding hydrogens is 265 g/mol. The fraction of sp³-hybridized carbons (Fsp3) is 0.611. The van der Waals surface area contributed by atoms with Gasteiger partial charge in [-0.2, -0.15) is 0 Å². The lowest BCUT2D eigenvalue weighted by atomic mass is 9.72. The van der Waals surface area contributed by atoms with Gasteiger partial charge in [-0.1, -0.05) is 19.8 Å². The van der Waals surface area contributed by atoms with Crippen LogP contribution in [-0.2, 0) is 0 Å². The van der Waals surface area contributed by atoms with Crippen molar-refractivity contribution in [2.45, 2.75) is 52.0 Å². The smallest absolute Gasteiger partial charge is 0.254 e. The molecule has 1 aliphatic carbocycles. The van der Waals surface area contributed by atoms with E-state index in [4.69, 9.17) is 0 Å². The van der Waals surface area contributed by atoms with Gasteiger partial charge >= 0.3 is 0 Å². The maximum atomic E-state index is 13.4. The van der Waals surface area contributed by atoms with Gasteiger partial charge in [0.05, 0.1) is 0 Å². The molecule has 1 aromatic rings. The summed E-state index contributed by atoms with van der Waals surface area (Å²) in [6, 6.07) is 5.11. The summed E-state index contributed by atoms with van der Waals surface area (Å²) < 4.78 is 13.4. The van der Waals surface area contributed by atoms with E-state index in [1.54, 1.807) is 19.1 Å². The van der Waals surface area contributed by atoms with Gasteiger partial charge in [0, 0.05) is 18.2 Å². The fourth-order valence-electron chi connectivity index (χ4n) is 4.11. The van der Waals surface area contributed by atoms with E-state index in [0.717, 1.165) is 19.4 Å². The topological polar surface area (TPSA) is 20.3 Å². The van der Waals surface area contributed by atoms with E-state index in [0.29, 0.717) is 29.0 Å². The van der Waals surface area contributed by atoms with Gasteiger partial charge in [0.1, 0.15) is 5.82 Å². The number of likely N-dealkylation sites (tertiary alicyclic amines) is 1. The van der Waals surface area contributed by atoms with Gasteiger partial charge in [-0.15, -0.1) is 0 Å². The van der Waals surface area contributed by atoms with Crippen molar-refractivity contribution in [2.75, 3.05) is 6.54 Å². The first-order valence-electron chi connectivity index (χ1n) is 8.15. The zero-order valence-corrected chi connectivity index (χ0v) is 12.9. The van der Waals surface area contributed by atoms with E-state index >= 15 is 0 Å². The van der Waals surface area contributed by atoms with Crippen molar-refractivity contribution in [1.82, 2.24) is 4.90 Å². The maximum Gasteiger partial charge on any atom is 0.254 e. The quantitative estimate of drug-likeness (QED) is 0.759. The van der Waals surface area contributed by atoms with Crippen molar-refractivity contribution >= 4 is 5.91 Å². The Bertz CT molecular complexity index is 542. The number of piperidine rings is 1. The molecule has 2 aliphatic rings. The first kappa shape index (κ1) is 14.6. The zero-order valence-electron chi connectivity index (χ0n) is 12.9. The number of nitrogens with zero attached hydrogens (tertiary/aromatic N) is 1. The Kier molecular flexibility index (Phi) is 4.01. The average molecular weight is 289 g/mol. The van der Waals surface area contributed by atoms with Crippen LogP contribution in [0.4, 0.5) is 4.39 Å². The number of carbonyl (C=O) groups excluding carboxylic acids is 1. The van der Waals surface area contributed by atoms with E-state index in [1.165, 1.54) is 25.3 Å². The summed E-state index contributed by atoms with van der Waals surface area (Å²) in [4.78, 5) is 14.9. The van der Waals surface area contributed by atoms with E-state index in [-0.39, 0.29) is 11.7 Å². The molecule has 1 heterocycles. The Balaban J connectivity index is 1.84. The van der Waals surface area contributed by atoms with Crippen molar-refractivity contribution in [2.24, 2.45) is 11.8 Å². The Morgan fingerprint density at radius 2 is 2.00 bits per heavy atom. The lowest BCUT2D eigenvalue weighted by Gasteiger charge is -2.47. The summed E-state index contributed by atoms with van der Waals surface area (Å²) >= 11 is 0. The molecule has 2 nitrogen and oxygen atoms in total. The number of fused-ring (bicyclic) bond motifs is 1. The molecule has 3 rings (SSSR count). The van der Waals surface area contributed by atoms with Gasteiger partial charge in [-0.3, -0.25) is 4.79 Å². The van der Waals surface area contributed by atoms with Crippen LogP contribution in [0.15, 0.2) is 18.2 Å². The summed E-state index contributed by atoms with van der Waals surface area (Å²) in [6.07, 6.45) is 5.98. The highest BCUT2D eigenvalue weighted by molar-refractivity contribution is 5.94. The largest absolute Gasteiger partial charge is 0.335 e. The van der Waals surface area contributed by atoms with Gasteiger partial charge in [0.2, 0.25) is 0 Å². The first-order chi connectivity index (χ1) is 10.1. The maximum absolute atomic E-state index is 13.4. The molecule has 3 atom stereocenters. The van der Waals surface area contributed by atoms with Crippen LogP contribution < -0.4 is 0 Å². The van der Waals surface area contributed by atoms with Crippen LogP contribution in [0.25, 0.3) is 0 Å². The van der Waals surface area contributed by atoms with Gasteiger partial charge in [0.15, 0.2) is 0 Å². The monoisotopic (exact) mass is 289 g/mol. The molecule has 1 aromatic carbocycles. The highest BCUT2D eigenvalue weighted by atomic mass is 19.1. The predicted octanol–water partition coefficient (Wildman–Crippen LogP) is 4.17. The third kappa shape index (κ3) is 2.70. The van der Waals surface area contributed by atoms with Crippen molar-refractivity contribution in [3.63, 3.8) is 0 Å². The standard InChI is InChI=1S/C18H24FNO/c1-12-9-10-20(17-6-4-3-5-15(12)17)18(21)14-7-8-16(19)13(2)11-14/h7-8,11-12,15,17H,3-6,9-10H2,1-2H3. The van der Waals surface area contributed by atoms with Crippen LogP contribution >= 0.6 is 0 Å². The minimum atomic E-state index is -0.241. The number of hydrogen-bond donors (Lipinski definition) is 0. The van der Waals surface area contributed by atoms with E-state index in [1.807, 2.05) is 0 Å². The fourth-order valence-corrected chi connectivity index (χ4v) is 4.11. The normalized spacial score (nSPS) is 29.1. The van der Waals surface area contributed by atoms with Gasteiger partial charge in [0.25, 0.3) is 5.91 Å². The molecule has 21 heavy (non-hydrogen) atoms. The summed E-state index contributed by atoms with van der Waals surface area (Å²) in [6.45, 7) is 4.89. The van der Waals surface area contributed by atoms with Crippen LogP contribution in [0, 0.1) is 24.6 Å². The molecule has 1 saturated carbocycles. The molecule has 0 aromatic heterocycles. The molecule has 1 amide bonds. The lowest BCUT2D eigenvalue weighted by molar-refractivity contribution is 0.0217. The Hall–Kier alpha value is -1.38. The molecule has 0 N–H and O–H groups in total. The Morgan fingerprint density at radius 1 is 1.24 bits per heavy atom. The third-order valence-corrected chi connectivity index (χ3v) is 5.40. The summed E-state index contributed by atoms with van der Waals surface area (Å²) in [5, 5.41) is 0. The zero-order chi connectivity index (χ0) is 15.0. The van der Waals surface area contributed by atoms with E-state index in [2.05, 4.69) is 11.8 Å². The lowest BCUT2D eigenvalue weighted by Crippen LogP contribution is -2.52. The minimum Gasteiger partial charge on any atom is -0.335 e. The molecule has 0 radical (unpaired) electrons. The van der Waals surface area contributed by atoms with Crippen molar-refractivity contribution < 1.29 is 9.18 Å². The number of carbonyl (C=O) groups is 1. The number of hydrogen-bond acceptors (Lipinski definition) is 1. The Labute approximate surface area is 126 Å². The SMILES string of the molecule is Cc1cc(C(=O)N2CCC(C)C3CCCCC32)ccc1F. The average Bonchev–Trinajstić information content (AvgIpc) is 2.50. The molecule has 0 bridgehead atoms. The van der Waals surface area contributed by atoms with E-state index in [9.17, 15) is 9.18 Å². The number of halogens is 1. The van der Waals surface area contributed by atoms with Gasteiger partial charge in [-0.25, -0.2) is 4.39 Å². The molecule has 0 spiro atoms. The molecule has 1 saturated heterocycles. The van der Waals surface area contributed by atoms with Crippen LogP contribution in [0.5, 0.6) is 0 Å². The number of amides is 1. The third-order valence-electron chi connectivity index (χ3n) is 5.40. The van der Waals surface area contributed by atoms with Crippen molar-refractivity contribution in [3.05, 3.63) is 35.1 Å². The van der Waals surface area contributed by atoms with Crippen LogP contribution in [0.2, 0.25) is 0 Å². The van der Waals surface area contributed by atoms with Crippen LogP contribution in [-0.4, -0.2) is 23.4 Å². The second kappa shape index (κ2) is 5.78. The molecule has 3 unspecified atom stereocenters. The van der Waals surface area contributed by atoms with Gasteiger partial charge < -0.3 is 4.90 Å². The van der Waals surface area contributed by atoms with E-state index < -0.39 is 0 Å². The highest BCUT2D eigenvalue weighted by Crippen LogP contribution is 2.39. The van der Waals surface area contributed by atoms with Crippen LogP contribution in [0.1, 0.15) is 54.9 Å².